The van der Waals surface area contributed by atoms with Crippen LogP contribution in [0.5, 0.6) is 5.75 Å². The molecule has 35 heavy (non-hydrogen) atoms. The first-order chi connectivity index (χ1) is 17.0. The van der Waals surface area contributed by atoms with E-state index in [4.69, 9.17) is 21.1 Å². The topological polar surface area (TPSA) is 59.1 Å². The molecule has 0 spiro atoms. The number of ether oxygens (including phenoxy) is 2. The molecular formula is C27H35ClN2O4S. The van der Waals surface area contributed by atoms with Crippen molar-refractivity contribution in [2.75, 3.05) is 40.0 Å². The highest BCUT2D eigenvalue weighted by molar-refractivity contribution is 7.10. The first-order valence-corrected chi connectivity index (χ1v) is 13.8. The zero-order valence-corrected chi connectivity index (χ0v) is 22.2. The Labute approximate surface area is 217 Å². The van der Waals surface area contributed by atoms with Crippen LogP contribution < -0.4 is 4.74 Å². The monoisotopic (exact) mass is 518 g/mol. The van der Waals surface area contributed by atoms with E-state index in [9.17, 15) is 9.59 Å². The minimum Gasteiger partial charge on any atom is -0.491 e. The number of fused-ring (bicyclic) bond motifs is 1. The van der Waals surface area contributed by atoms with Crippen molar-refractivity contribution in [2.24, 2.45) is 5.92 Å². The molecule has 1 atom stereocenters. The molecule has 1 aromatic heterocycles. The van der Waals surface area contributed by atoms with Crippen LogP contribution in [0, 0.1) is 12.8 Å². The van der Waals surface area contributed by atoms with Crippen molar-refractivity contribution in [1.82, 2.24) is 9.80 Å². The molecular weight excluding hydrogens is 484 g/mol. The molecule has 0 N–H and O–H groups in total. The van der Waals surface area contributed by atoms with Crippen LogP contribution in [-0.4, -0.2) is 61.6 Å². The molecule has 0 saturated heterocycles. The Morgan fingerprint density at radius 3 is 2.77 bits per heavy atom. The first kappa shape index (κ1) is 26.0. The number of hydrogen-bond donors (Lipinski definition) is 0. The summed E-state index contributed by atoms with van der Waals surface area (Å²) >= 11 is 7.89. The molecule has 190 valence electrons. The van der Waals surface area contributed by atoms with Crippen molar-refractivity contribution in [3.63, 3.8) is 0 Å². The maximum Gasteiger partial charge on any atom is 0.242 e. The minimum absolute atomic E-state index is 0.0218. The predicted molar refractivity (Wildman–Crippen MR) is 139 cm³/mol. The summed E-state index contributed by atoms with van der Waals surface area (Å²) in [5, 5.41) is 2.78. The SMILES string of the molecule is COCCCN(CC(=O)N1CCc2sccc2[C@@H]1COc1ccc(Cl)c(C)c1)C(=O)C1CCCC1. The second kappa shape index (κ2) is 12.2. The normalized spacial score (nSPS) is 17.9. The van der Waals surface area contributed by atoms with E-state index in [1.165, 1.54) is 4.88 Å². The molecule has 4 rings (SSSR count). The summed E-state index contributed by atoms with van der Waals surface area (Å²) in [4.78, 5) is 31.9. The standard InChI is InChI=1S/C27H35ClN2O4S/c1-19-16-21(8-9-23(19)28)34-18-24-22-11-15-35-25(22)10-13-30(24)26(31)17-29(12-5-14-33-2)27(32)20-6-3-4-7-20/h8-9,11,15-16,20,24H,3-7,10,12-14,17-18H2,1-2H3/t24-/m0/s1. The summed E-state index contributed by atoms with van der Waals surface area (Å²) < 4.78 is 11.4. The van der Waals surface area contributed by atoms with Gasteiger partial charge in [0.25, 0.3) is 0 Å². The number of carbonyl (C=O) groups is 2. The lowest BCUT2D eigenvalue weighted by Gasteiger charge is -2.37. The van der Waals surface area contributed by atoms with Crippen LogP contribution in [0.2, 0.25) is 5.02 Å². The molecule has 1 aliphatic carbocycles. The maximum atomic E-state index is 13.6. The summed E-state index contributed by atoms with van der Waals surface area (Å²) in [6.07, 6.45) is 5.58. The zero-order valence-electron chi connectivity index (χ0n) is 20.6. The third kappa shape index (κ3) is 6.38. The van der Waals surface area contributed by atoms with Crippen molar-refractivity contribution in [3.05, 3.63) is 50.7 Å². The van der Waals surface area contributed by atoms with E-state index in [1.807, 2.05) is 30.0 Å². The lowest BCUT2D eigenvalue weighted by Crippen LogP contribution is -2.49. The van der Waals surface area contributed by atoms with Crippen molar-refractivity contribution < 1.29 is 19.1 Å². The van der Waals surface area contributed by atoms with Gasteiger partial charge >= 0.3 is 0 Å². The van der Waals surface area contributed by atoms with Gasteiger partial charge in [-0.2, -0.15) is 0 Å². The van der Waals surface area contributed by atoms with Gasteiger partial charge in [0.15, 0.2) is 0 Å². The van der Waals surface area contributed by atoms with Gasteiger partial charge in [0.05, 0.1) is 12.6 Å². The number of nitrogens with zero attached hydrogens (tertiary/aromatic N) is 2. The van der Waals surface area contributed by atoms with Gasteiger partial charge < -0.3 is 19.3 Å². The molecule has 0 bridgehead atoms. The van der Waals surface area contributed by atoms with Gasteiger partial charge in [0.1, 0.15) is 12.4 Å². The lowest BCUT2D eigenvalue weighted by atomic mass is 10.00. The van der Waals surface area contributed by atoms with Crippen LogP contribution in [0.15, 0.2) is 29.6 Å². The van der Waals surface area contributed by atoms with Crippen LogP contribution in [0.4, 0.5) is 0 Å². The van der Waals surface area contributed by atoms with E-state index in [-0.39, 0.29) is 30.3 Å². The molecule has 0 unspecified atom stereocenters. The number of hydrogen-bond acceptors (Lipinski definition) is 5. The number of rotatable bonds is 10. The Morgan fingerprint density at radius 2 is 2.03 bits per heavy atom. The maximum absolute atomic E-state index is 13.6. The predicted octanol–water partition coefficient (Wildman–Crippen LogP) is 5.27. The minimum atomic E-state index is -0.184. The van der Waals surface area contributed by atoms with Gasteiger partial charge in [-0.15, -0.1) is 11.3 Å². The van der Waals surface area contributed by atoms with E-state index >= 15 is 0 Å². The summed E-state index contributed by atoms with van der Waals surface area (Å²) in [5.74, 6) is 0.873. The average molecular weight is 519 g/mol. The zero-order chi connectivity index (χ0) is 24.8. The fraction of sp³-hybridized carbons (Fsp3) is 0.556. The van der Waals surface area contributed by atoms with Crippen LogP contribution in [0.25, 0.3) is 0 Å². The van der Waals surface area contributed by atoms with E-state index in [1.54, 1.807) is 23.3 Å². The fourth-order valence-corrected chi connectivity index (χ4v) is 6.15. The summed E-state index contributed by atoms with van der Waals surface area (Å²) in [5.41, 5.74) is 2.10. The highest BCUT2D eigenvalue weighted by Gasteiger charge is 2.35. The second-order valence-electron chi connectivity index (χ2n) is 9.46. The Bertz CT molecular complexity index is 1020. The highest BCUT2D eigenvalue weighted by atomic mass is 35.5. The molecule has 6 nitrogen and oxygen atoms in total. The molecule has 8 heteroatoms. The second-order valence-corrected chi connectivity index (χ2v) is 10.9. The molecule has 2 aliphatic rings. The molecule has 2 heterocycles. The van der Waals surface area contributed by atoms with E-state index < -0.39 is 0 Å². The average Bonchev–Trinajstić information content (AvgIpc) is 3.56. The van der Waals surface area contributed by atoms with Gasteiger partial charge in [-0.25, -0.2) is 0 Å². The number of methoxy groups -OCH3 is 1. The van der Waals surface area contributed by atoms with Crippen LogP contribution >= 0.6 is 22.9 Å². The van der Waals surface area contributed by atoms with Gasteiger partial charge in [-0.1, -0.05) is 24.4 Å². The lowest BCUT2D eigenvalue weighted by molar-refractivity contribution is -0.144. The van der Waals surface area contributed by atoms with E-state index in [0.29, 0.717) is 31.3 Å². The van der Waals surface area contributed by atoms with Gasteiger partial charge in [-0.05, 0) is 73.4 Å². The number of thiophene rings is 1. The smallest absolute Gasteiger partial charge is 0.242 e. The number of halogens is 1. The van der Waals surface area contributed by atoms with E-state index in [2.05, 4.69) is 11.4 Å². The molecule has 2 amide bonds. The number of aryl methyl sites for hydroxylation is 1. The molecule has 2 aromatic rings. The number of benzene rings is 1. The molecule has 0 radical (unpaired) electrons. The third-order valence-corrected chi connectivity index (χ3v) is 8.49. The molecule has 1 aromatic carbocycles. The van der Waals surface area contributed by atoms with Gasteiger partial charge in [-0.3, -0.25) is 9.59 Å². The van der Waals surface area contributed by atoms with Crippen LogP contribution in [0.1, 0.15) is 54.1 Å². The Balaban J connectivity index is 1.48. The first-order valence-electron chi connectivity index (χ1n) is 12.5. The summed E-state index contributed by atoms with van der Waals surface area (Å²) in [6, 6.07) is 7.52. The van der Waals surface area contributed by atoms with Crippen LogP contribution in [-0.2, 0) is 20.7 Å². The summed E-state index contributed by atoms with van der Waals surface area (Å²) in [6.45, 7) is 4.15. The third-order valence-electron chi connectivity index (χ3n) is 7.07. The Hall–Kier alpha value is -2.09. The molecule has 1 fully saturated rings. The van der Waals surface area contributed by atoms with Crippen molar-refractivity contribution in [2.45, 2.75) is 51.5 Å². The van der Waals surface area contributed by atoms with E-state index in [0.717, 1.165) is 55.4 Å². The Morgan fingerprint density at radius 1 is 1.23 bits per heavy atom. The van der Waals surface area contributed by atoms with Crippen molar-refractivity contribution in [1.29, 1.82) is 0 Å². The van der Waals surface area contributed by atoms with Gasteiger partial charge in [0.2, 0.25) is 11.8 Å². The van der Waals surface area contributed by atoms with Crippen molar-refractivity contribution in [3.8, 4) is 5.75 Å². The largest absolute Gasteiger partial charge is 0.491 e. The quantitative estimate of drug-likeness (QED) is 0.402. The highest BCUT2D eigenvalue weighted by Crippen LogP contribution is 2.34. The number of carbonyl (C=O) groups excluding carboxylic acids is 2. The van der Waals surface area contributed by atoms with Crippen LogP contribution in [0.3, 0.4) is 0 Å². The molecule has 1 aliphatic heterocycles. The fourth-order valence-electron chi connectivity index (χ4n) is 5.11. The molecule has 1 saturated carbocycles. The van der Waals surface area contributed by atoms with Gasteiger partial charge in [0, 0.05) is 42.6 Å². The Kier molecular flexibility index (Phi) is 9.09. The summed E-state index contributed by atoms with van der Waals surface area (Å²) in [7, 11) is 1.66. The number of amides is 2. The van der Waals surface area contributed by atoms with Crippen molar-refractivity contribution >= 4 is 34.8 Å².